The molecule has 7 heteroatoms. The zero-order valence-corrected chi connectivity index (χ0v) is 20.3. The van der Waals surface area contributed by atoms with Gasteiger partial charge >= 0.3 is 0 Å². The van der Waals surface area contributed by atoms with Gasteiger partial charge in [0.2, 0.25) is 0 Å². The molecule has 0 saturated carbocycles. The van der Waals surface area contributed by atoms with Crippen LogP contribution < -0.4 is 0 Å². The van der Waals surface area contributed by atoms with Crippen molar-refractivity contribution in [2.45, 2.75) is 45.1 Å². The number of hydrogen-bond acceptors (Lipinski definition) is 6. The molecule has 2 N–H and O–H groups in total. The van der Waals surface area contributed by atoms with Gasteiger partial charge in [-0.2, -0.15) is 0 Å². The molecule has 184 valence electrons. The number of imidazole rings is 1. The first-order valence-electron chi connectivity index (χ1n) is 12.3. The van der Waals surface area contributed by atoms with Gasteiger partial charge in [0.1, 0.15) is 17.6 Å². The Kier molecular flexibility index (Phi) is 7.28. The van der Waals surface area contributed by atoms with Crippen LogP contribution in [0.15, 0.2) is 71.5 Å². The molecule has 0 aliphatic carbocycles. The van der Waals surface area contributed by atoms with Gasteiger partial charge < -0.3 is 19.3 Å². The maximum atomic E-state index is 9.83. The molecule has 0 amide bonds. The van der Waals surface area contributed by atoms with Crippen LogP contribution in [-0.4, -0.2) is 49.0 Å². The molecule has 5 rings (SSSR count). The Balaban J connectivity index is 1.19. The number of nitrogens with zero attached hydrogens (tertiary/aromatic N) is 4. The third-order valence-corrected chi connectivity index (χ3v) is 6.45. The van der Waals surface area contributed by atoms with Gasteiger partial charge in [-0.15, -0.1) is 0 Å². The molecule has 1 atom stereocenters. The Morgan fingerprint density at radius 1 is 1.00 bits per heavy atom. The van der Waals surface area contributed by atoms with Crippen molar-refractivity contribution < 1.29 is 14.7 Å². The lowest BCUT2D eigenvalue weighted by molar-refractivity contribution is 0.0792. The van der Waals surface area contributed by atoms with Crippen molar-refractivity contribution in [3.63, 3.8) is 0 Å². The van der Waals surface area contributed by atoms with Crippen molar-refractivity contribution in [2.75, 3.05) is 13.1 Å². The molecule has 0 radical (unpaired) electrons. The fourth-order valence-electron chi connectivity index (χ4n) is 4.41. The Bertz CT molecular complexity index is 1340. The van der Waals surface area contributed by atoms with E-state index in [0.29, 0.717) is 18.1 Å². The molecule has 1 aliphatic heterocycles. The SMILES string of the molecule is C[C@H](O)c1nccn1Cc1cc(-c2ccc(C#Cc3ccc(CN4CCC(O)CC4)cc3)cc2)on1. The summed E-state index contributed by atoms with van der Waals surface area (Å²) in [5.41, 5.74) is 4.86. The summed E-state index contributed by atoms with van der Waals surface area (Å²) in [6.07, 6.45) is 4.41. The average molecular weight is 483 g/mol. The smallest absolute Gasteiger partial charge is 0.167 e. The van der Waals surface area contributed by atoms with Gasteiger partial charge in [0.15, 0.2) is 5.76 Å². The lowest BCUT2D eigenvalue weighted by atomic mass is 10.1. The quantitative estimate of drug-likeness (QED) is 0.404. The van der Waals surface area contributed by atoms with Crippen LogP contribution >= 0.6 is 0 Å². The van der Waals surface area contributed by atoms with Crippen molar-refractivity contribution in [3.8, 4) is 23.2 Å². The summed E-state index contributed by atoms with van der Waals surface area (Å²) in [6.45, 7) is 4.98. The van der Waals surface area contributed by atoms with E-state index >= 15 is 0 Å². The summed E-state index contributed by atoms with van der Waals surface area (Å²) in [6, 6.07) is 18.2. The Hall–Kier alpha value is -3.70. The summed E-state index contributed by atoms with van der Waals surface area (Å²) in [7, 11) is 0. The number of aromatic nitrogens is 3. The fraction of sp³-hybridized carbons (Fsp3) is 0.310. The highest BCUT2D eigenvalue weighted by atomic mass is 16.5. The topological polar surface area (TPSA) is 87.6 Å². The first kappa shape index (κ1) is 24.0. The molecule has 4 aromatic rings. The molecule has 0 bridgehead atoms. The Morgan fingerprint density at radius 3 is 2.33 bits per heavy atom. The normalized spacial score (nSPS) is 15.4. The van der Waals surface area contributed by atoms with Crippen LogP contribution in [0.25, 0.3) is 11.3 Å². The standard InChI is InChI=1S/C29H30N4O3/c1-21(34)29-30-14-17-33(29)20-26-18-28(36-31-26)25-10-8-23(9-11-25)3-2-22-4-6-24(7-5-22)19-32-15-12-27(35)13-16-32/h4-11,14,17-18,21,27,34-35H,12-13,15-16,19-20H2,1H3/t21-/m0/s1. The van der Waals surface area contributed by atoms with Crippen LogP contribution in [0, 0.1) is 11.8 Å². The van der Waals surface area contributed by atoms with Gasteiger partial charge in [0.05, 0.1) is 12.6 Å². The molecule has 1 saturated heterocycles. The molecule has 0 unspecified atom stereocenters. The van der Waals surface area contributed by atoms with E-state index in [1.807, 2.05) is 41.1 Å². The molecular weight excluding hydrogens is 452 g/mol. The molecule has 1 fully saturated rings. The maximum Gasteiger partial charge on any atom is 0.167 e. The number of aliphatic hydroxyl groups excluding tert-OH is 2. The van der Waals surface area contributed by atoms with Crippen molar-refractivity contribution in [1.82, 2.24) is 19.6 Å². The second kappa shape index (κ2) is 10.9. The number of benzene rings is 2. The number of piperidine rings is 1. The number of aliphatic hydroxyl groups is 2. The van der Waals surface area contributed by atoms with Crippen LogP contribution in [-0.2, 0) is 13.1 Å². The van der Waals surface area contributed by atoms with Crippen LogP contribution in [0.3, 0.4) is 0 Å². The third kappa shape index (κ3) is 5.92. The predicted octanol–water partition coefficient (Wildman–Crippen LogP) is 4.00. The summed E-state index contributed by atoms with van der Waals surface area (Å²) >= 11 is 0. The summed E-state index contributed by atoms with van der Waals surface area (Å²) in [5, 5.41) is 23.7. The molecule has 2 aromatic carbocycles. The van der Waals surface area contributed by atoms with Crippen LogP contribution in [0.4, 0.5) is 0 Å². The number of likely N-dealkylation sites (tertiary alicyclic amines) is 1. The highest BCUT2D eigenvalue weighted by molar-refractivity contribution is 5.59. The zero-order chi connectivity index (χ0) is 24.9. The predicted molar refractivity (Wildman–Crippen MR) is 137 cm³/mol. The van der Waals surface area contributed by atoms with Crippen molar-refractivity contribution in [2.24, 2.45) is 0 Å². The van der Waals surface area contributed by atoms with E-state index in [4.69, 9.17) is 4.52 Å². The van der Waals surface area contributed by atoms with E-state index in [9.17, 15) is 10.2 Å². The fourth-order valence-corrected chi connectivity index (χ4v) is 4.41. The number of rotatable bonds is 6. The molecule has 36 heavy (non-hydrogen) atoms. The lowest BCUT2D eigenvalue weighted by Gasteiger charge is -2.29. The summed E-state index contributed by atoms with van der Waals surface area (Å²) in [5.74, 6) is 7.75. The molecule has 0 spiro atoms. The van der Waals surface area contributed by atoms with Crippen molar-refractivity contribution in [3.05, 3.63) is 95.2 Å². The summed E-state index contributed by atoms with van der Waals surface area (Å²) in [4.78, 5) is 6.57. The Morgan fingerprint density at radius 2 is 1.67 bits per heavy atom. The van der Waals surface area contributed by atoms with E-state index in [1.165, 1.54) is 5.56 Å². The molecule has 1 aliphatic rings. The lowest BCUT2D eigenvalue weighted by Crippen LogP contribution is -2.35. The van der Waals surface area contributed by atoms with E-state index in [2.05, 4.69) is 51.1 Å². The largest absolute Gasteiger partial charge is 0.393 e. The highest BCUT2D eigenvalue weighted by Gasteiger charge is 2.16. The van der Waals surface area contributed by atoms with Crippen molar-refractivity contribution in [1.29, 1.82) is 0 Å². The van der Waals surface area contributed by atoms with Gasteiger partial charge in [-0.25, -0.2) is 4.98 Å². The van der Waals surface area contributed by atoms with Gasteiger partial charge in [0, 0.05) is 54.8 Å². The number of hydrogen-bond donors (Lipinski definition) is 2. The van der Waals surface area contributed by atoms with Crippen LogP contribution in [0.2, 0.25) is 0 Å². The Labute approximate surface area is 211 Å². The average Bonchev–Trinajstić information content (AvgIpc) is 3.56. The van der Waals surface area contributed by atoms with Gasteiger partial charge in [-0.05, 0) is 61.7 Å². The first-order valence-corrected chi connectivity index (χ1v) is 12.3. The molecule has 7 nitrogen and oxygen atoms in total. The maximum absolute atomic E-state index is 9.83. The highest BCUT2D eigenvalue weighted by Crippen LogP contribution is 2.22. The second-order valence-corrected chi connectivity index (χ2v) is 9.30. The van der Waals surface area contributed by atoms with E-state index in [1.54, 1.807) is 13.1 Å². The minimum absolute atomic E-state index is 0.140. The van der Waals surface area contributed by atoms with Gasteiger partial charge in [-0.3, -0.25) is 4.90 Å². The molecular formula is C29H30N4O3. The summed E-state index contributed by atoms with van der Waals surface area (Å²) < 4.78 is 7.40. The van der Waals surface area contributed by atoms with E-state index in [-0.39, 0.29) is 6.10 Å². The van der Waals surface area contributed by atoms with Gasteiger partial charge in [-0.1, -0.05) is 29.1 Å². The van der Waals surface area contributed by atoms with E-state index < -0.39 is 6.10 Å². The van der Waals surface area contributed by atoms with E-state index in [0.717, 1.165) is 54.9 Å². The van der Waals surface area contributed by atoms with Crippen LogP contribution in [0.5, 0.6) is 0 Å². The minimum atomic E-state index is -0.645. The van der Waals surface area contributed by atoms with Crippen LogP contribution in [0.1, 0.15) is 54.1 Å². The van der Waals surface area contributed by atoms with Crippen molar-refractivity contribution >= 4 is 0 Å². The monoisotopic (exact) mass is 482 g/mol. The minimum Gasteiger partial charge on any atom is -0.393 e. The zero-order valence-electron chi connectivity index (χ0n) is 20.3. The third-order valence-electron chi connectivity index (χ3n) is 6.45. The molecule has 2 aromatic heterocycles. The second-order valence-electron chi connectivity index (χ2n) is 9.30. The first-order chi connectivity index (χ1) is 17.5. The molecule has 3 heterocycles. The van der Waals surface area contributed by atoms with Gasteiger partial charge in [0.25, 0.3) is 0 Å².